The van der Waals surface area contributed by atoms with Gasteiger partial charge in [0, 0.05) is 28.0 Å². The standard InChI is InChI=1S/C20H18O6S/c1-23-14-3-6-16(7-4-14)27-12-20(22)25-11-13-9-19(21)26-18-10-15(24-2)5-8-17(13)18/h3-10H,11-12H2,1-2H3. The van der Waals surface area contributed by atoms with Gasteiger partial charge in [0.25, 0.3) is 0 Å². The molecule has 0 aliphatic carbocycles. The van der Waals surface area contributed by atoms with E-state index < -0.39 is 5.63 Å². The summed E-state index contributed by atoms with van der Waals surface area (Å²) in [7, 11) is 3.13. The minimum absolute atomic E-state index is 0.00354. The second kappa shape index (κ2) is 8.64. The van der Waals surface area contributed by atoms with Gasteiger partial charge in [0.15, 0.2) is 0 Å². The highest BCUT2D eigenvalue weighted by atomic mass is 32.2. The minimum atomic E-state index is -0.505. The molecule has 0 radical (unpaired) electrons. The van der Waals surface area contributed by atoms with Crippen LogP contribution in [0.3, 0.4) is 0 Å². The fourth-order valence-electron chi connectivity index (χ4n) is 2.47. The van der Waals surface area contributed by atoms with Crippen molar-refractivity contribution in [1.82, 2.24) is 0 Å². The van der Waals surface area contributed by atoms with Gasteiger partial charge in [-0.05, 0) is 36.4 Å². The number of rotatable bonds is 7. The van der Waals surface area contributed by atoms with E-state index in [4.69, 9.17) is 18.6 Å². The second-order valence-electron chi connectivity index (χ2n) is 5.58. The largest absolute Gasteiger partial charge is 0.497 e. The molecule has 0 atom stereocenters. The molecule has 1 heterocycles. The fraction of sp³-hybridized carbons (Fsp3) is 0.200. The summed E-state index contributed by atoms with van der Waals surface area (Å²) in [6.45, 7) is -0.00354. The van der Waals surface area contributed by atoms with Crippen LogP contribution in [0.1, 0.15) is 5.56 Å². The Bertz CT molecular complexity index is 994. The van der Waals surface area contributed by atoms with Crippen molar-refractivity contribution < 1.29 is 23.4 Å². The minimum Gasteiger partial charge on any atom is -0.497 e. The zero-order chi connectivity index (χ0) is 19.2. The Morgan fingerprint density at radius 1 is 1.00 bits per heavy atom. The number of fused-ring (bicyclic) bond motifs is 1. The van der Waals surface area contributed by atoms with Gasteiger partial charge in [-0.25, -0.2) is 4.79 Å². The van der Waals surface area contributed by atoms with Crippen molar-refractivity contribution in [3.05, 3.63) is 64.5 Å². The van der Waals surface area contributed by atoms with Gasteiger partial charge in [0.1, 0.15) is 23.7 Å². The molecule has 0 N–H and O–H groups in total. The number of thioether (sulfide) groups is 1. The van der Waals surface area contributed by atoms with Crippen LogP contribution in [0.4, 0.5) is 0 Å². The lowest BCUT2D eigenvalue weighted by Crippen LogP contribution is -2.09. The Balaban J connectivity index is 1.63. The molecule has 2 aromatic carbocycles. The first kappa shape index (κ1) is 18.8. The predicted molar refractivity (Wildman–Crippen MR) is 103 cm³/mol. The van der Waals surface area contributed by atoms with Crippen LogP contribution < -0.4 is 15.1 Å². The monoisotopic (exact) mass is 386 g/mol. The molecule has 0 unspecified atom stereocenters. The maximum Gasteiger partial charge on any atom is 0.336 e. The number of methoxy groups -OCH3 is 2. The summed E-state index contributed by atoms with van der Waals surface area (Å²) >= 11 is 1.37. The van der Waals surface area contributed by atoms with Crippen molar-refractivity contribution in [2.75, 3.05) is 20.0 Å². The Morgan fingerprint density at radius 3 is 2.41 bits per heavy atom. The van der Waals surface area contributed by atoms with E-state index in [2.05, 4.69) is 0 Å². The smallest absolute Gasteiger partial charge is 0.336 e. The summed E-state index contributed by atoms with van der Waals surface area (Å²) in [5.74, 6) is 1.13. The van der Waals surface area contributed by atoms with Crippen LogP contribution in [0.15, 0.2) is 62.6 Å². The lowest BCUT2D eigenvalue weighted by Gasteiger charge is -2.08. The zero-order valence-electron chi connectivity index (χ0n) is 14.9. The third-order valence-corrected chi connectivity index (χ3v) is 4.83. The van der Waals surface area contributed by atoms with Crippen LogP contribution >= 0.6 is 11.8 Å². The van der Waals surface area contributed by atoms with Gasteiger partial charge in [-0.3, -0.25) is 4.79 Å². The van der Waals surface area contributed by atoms with Crippen LogP contribution in [-0.2, 0) is 16.1 Å². The molecule has 27 heavy (non-hydrogen) atoms. The van der Waals surface area contributed by atoms with Gasteiger partial charge in [-0.15, -0.1) is 11.8 Å². The molecule has 7 heteroatoms. The number of hydrogen-bond donors (Lipinski definition) is 0. The average Bonchev–Trinajstić information content (AvgIpc) is 2.70. The van der Waals surface area contributed by atoms with Crippen molar-refractivity contribution in [1.29, 1.82) is 0 Å². The molecule has 0 amide bonds. The summed E-state index contributed by atoms with van der Waals surface area (Å²) in [5.41, 5.74) is 0.474. The predicted octanol–water partition coefficient (Wildman–Crippen LogP) is 3.65. The highest BCUT2D eigenvalue weighted by molar-refractivity contribution is 8.00. The molecular formula is C20H18O6S. The Kier molecular flexibility index (Phi) is 6.03. The summed E-state index contributed by atoms with van der Waals surface area (Å²) in [6, 6.07) is 13.9. The van der Waals surface area contributed by atoms with Gasteiger partial charge < -0.3 is 18.6 Å². The zero-order valence-corrected chi connectivity index (χ0v) is 15.7. The quantitative estimate of drug-likeness (QED) is 0.349. The van der Waals surface area contributed by atoms with Gasteiger partial charge >= 0.3 is 11.6 Å². The summed E-state index contributed by atoms with van der Waals surface area (Å²) in [5, 5.41) is 0.700. The molecule has 3 rings (SSSR count). The summed E-state index contributed by atoms with van der Waals surface area (Å²) in [4.78, 5) is 24.7. The van der Waals surface area contributed by atoms with E-state index in [-0.39, 0.29) is 18.3 Å². The van der Waals surface area contributed by atoms with Crippen molar-refractivity contribution in [2.24, 2.45) is 0 Å². The molecule has 0 saturated heterocycles. The molecule has 0 spiro atoms. The van der Waals surface area contributed by atoms with Crippen LogP contribution in [0, 0.1) is 0 Å². The lowest BCUT2D eigenvalue weighted by molar-refractivity contribution is -0.141. The third kappa shape index (κ3) is 4.83. The van der Waals surface area contributed by atoms with Crippen LogP contribution in [0.2, 0.25) is 0 Å². The summed E-state index contributed by atoms with van der Waals surface area (Å²) in [6.07, 6.45) is 0. The normalized spacial score (nSPS) is 10.6. The van der Waals surface area contributed by atoms with Crippen molar-refractivity contribution >= 4 is 28.7 Å². The van der Waals surface area contributed by atoms with E-state index >= 15 is 0 Å². The summed E-state index contributed by atoms with van der Waals surface area (Å²) < 4.78 is 20.7. The van der Waals surface area contributed by atoms with Crippen LogP contribution in [0.5, 0.6) is 11.5 Å². The third-order valence-electron chi connectivity index (χ3n) is 3.84. The maximum absolute atomic E-state index is 12.0. The molecule has 0 aliphatic rings. The molecule has 6 nitrogen and oxygen atoms in total. The average molecular weight is 386 g/mol. The van der Waals surface area contributed by atoms with Gasteiger partial charge in [-0.1, -0.05) is 0 Å². The first-order valence-electron chi connectivity index (χ1n) is 8.12. The van der Waals surface area contributed by atoms with Gasteiger partial charge in [0.2, 0.25) is 0 Å². The Hall–Kier alpha value is -2.93. The van der Waals surface area contributed by atoms with Gasteiger partial charge in [-0.2, -0.15) is 0 Å². The van der Waals surface area contributed by atoms with E-state index in [1.165, 1.54) is 24.9 Å². The Morgan fingerprint density at radius 2 is 1.70 bits per heavy atom. The number of hydrogen-bond acceptors (Lipinski definition) is 7. The SMILES string of the molecule is COc1ccc(SCC(=O)OCc2cc(=O)oc3cc(OC)ccc23)cc1. The molecule has 0 fully saturated rings. The number of ether oxygens (including phenoxy) is 3. The number of esters is 1. The van der Waals surface area contributed by atoms with Gasteiger partial charge in [0.05, 0.1) is 20.0 Å². The molecular weight excluding hydrogens is 368 g/mol. The number of carbonyl (C=O) groups excluding carboxylic acids is 1. The van der Waals surface area contributed by atoms with E-state index in [1.807, 2.05) is 24.3 Å². The highest BCUT2D eigenvalue weighted by Gasteiger charge is 2.10. The first-order chi connectivity index (χ1) is 13.1. The molecule has 3 aromatic rings. The van der Waals surface area contributed by atoms with E-state index in [9.17, 15) is 9.59 Å². The lowest BCUT2D eigenvalue weighted by atomic mass is 10.1. The molecule has 0 bridgehead atoms. The first-order valence-corrected chi connectivity index (χ1v) is 9.11. The topological polar surface area (TPSA) is 75.0 Å². The van der Waals surface area contributed by atoms with E-state index in [0.29, 0.717) is 22.3 Å². The fourth-order valence-corrected chi connectivity index (χ4v) is 3.17. The van der Waals surface area contributed by atoms with E-state index in [1.54, 1.807) is 25.3 Å². The van der Waals surface area contributed by atoms with Crippen LogP contribution in [0.25, 0.3) is 11.0 Å². The molecule has 0 aliphatic heterocycles. The molecule has 0 saturated carbocycles. The highest BCUT2D eigenvalue weighted by Crippen LogP contribution is 2.24. The molecule has 1 aromatic heterocycles. The molecule has 140 valence electrons. The van der Waals surface area contributed by atoms with Crippen LogP contribution in [-0.4, -0.2) is 25.9 Å². The number of carbonyl (C=O) groups is 1. The van der Waals surface area contributed by atoms with Crippen molar-refractivity contribution in [3.63, 3.8) is 0 Å². The second-order valence-corrected chi connectivity index (χ2v) is 6.63. The Labute approximate surface area is 160 Å². The van der Waals surface area contributed by atoms with E-state index in [0.717, 1.165) is 10.6 Å². The van der Waals surface area contributed by atoms with Crippen molar-refractivity contribution in [3.8, 4) is 11.5 Å². The number of benzene rings is 2. The van der Waals surface area contributed by atoms with Crippen molar-refractivity contribution in [2.45, 2.75) is 11.5 Å². The maximum atomic E-state index is 12.0.